The molecule has 4 aromatic rings. The molecule has 5 aliphatic heterocycles. The molecule has 7 heterocycles. The van der Waals surface area contributed by atoms with Crippen molar-refractivity contribution in [3.8, 4) is 11.5 Å². The number of phosphoric ester groups is 1. The minimum Gasteiger partial charge on any atom is -0.452 e. The number of rotatable bonds is 16. The Balaban J connectivity index is 0.783. The quantitative estimate of drug-likeness (QED) is 0.0323. The first-order valence-corrected chi connectivity index (χ1v) is 26.0. The number of nitrogen functional groups attached to an aromatic ring is 1. The highest BCUT2D eigenvalue weighted by molar-refractivity contribution is 7.85. The summed E-state index contributed by atoms with van der Waals surface area (Å²) >= 11 is 0. The Morgan fingerprint density at radius 2 is 1.90 bits per heavy atom. The Morgan fingerprint density at radius 1 is 1.10 bits per heavy atom. The molecule has 2 fully saturated rings. The average molecular weight is 970 g/mol. The lowest BCUT2D eigenvalue weighted by Crippen LogP contribution is -2.50. The number of imidazole rings is 1. The number of aromatic nitrogens is 4. The molecule has 2 aromatic carbocycles. The van der Waals surface area contributed by atoms with Gasteiger partial charge in [0.05, 0.1) is 18.4 Å². The van der Waals surface area contributed by atoms with Crippen LogP contribution in [0.25, 0.3) is 11.2 Å². The van der Waals surface area contributed by atoms with Gasteiger partial charge in [0.1, 0.15) is 42.4 Å². The standard InChI is InChI=1S/C43H57N10O12PS/c1-4-51-15-9-11-24-17-27-31(19-29(24)51)63-32-20-30-26(18-28(32)47-27)25(23-67(59,60)61)21-43(2,3)52(30)16-10-12-34(54)45-13-7-5-6-8-14-46-42-48-35-38(49-41(44)50-39(35)56)53(42)40-36(55)37-33(64-40)22-62-66(57,58)65-37/h17-20,25,33,36-37,40,47,55H,4-16,21-23H2,1-3H3,(H5,44,45,50,54,56,57,58,59,60,61)/p+1/t25?,33-,36-,37-,40-/m1/s1. The third-order valence-corrected chi connectivity index (χ3v) is 15.0. The van der Waals surface area contributed by atoms with Gasteiger partial charge in [0.15, 0.2) is 28.9 Å². The van der Waals surface area contributed by atoms with Crippen LogP contribution in [-0.2, 0) is 39.7 Å². The van der Waals surface area contributed by atoms with Crippen molar-refractivity contribution in [3.63, 3.8) is 0 Å². The van der Waals surface area contributed by atoms with Gasteiger partial charge in [-0.05, 0) is 70.6 Å². The number of H-pyrrole nitrogens is 1. The Labute approximate surface area is 386 Å². The van der Waals surface area contributed by atoms with Crippen LogP contribution in [0.4, 0.5) is 23.3 Å². The summed E-state index contributed by atoms with van der Waals surface area (Å²) in [5.74, 6) is 0.261. The van der Waals surface area contributed by atoms with Crippen molar-refractivity contribution in [3.05, 3.63) is 56.5 Å². The number of aryl methyl sites for hydroxylation is 1. The number of hydrogen-bond donors (Lipinski definition) is 7. The Bertz CT molecular complexity index is 2950. The molecule has 0 radical (unpaired) electrons. The van der Waals surface area contributed by atoms with Crippen LogP contribution in [0.3, 0.4) is 0 Å². The van der Waals surface area contributed by atoms with Gasteiger partial charge in [-0.1, -0.05) is 12.8 Å². The number of hydrogen-bond acceptors (Lipinski definition) is 16. The number of nitrogens with two attached hydrogens (primary N) is 1. The van der Waals surface area contributed by atoms with E-state index >= 15 is 0 Å². The largest absolute Gasteiger partial charge is 0.472 e. The van der Waals surface area contributed by atoms with Crippen molar-refractivity contribution in [1.82, 2.24) is 29.4 Å². The fraction of sp³-hybridized carbons (Fsp3) is 0.581. The smallest absolute Gasteiger partial charge is 0.452 e. The van der Waals surface area contributed by atoms with Crippen LogP contribution in [-0.4, -0.2) is 117 Å². The number of nitrogens with zero attached hydrogens (tertiary/aromatic N) is 6. The molecule has 6 atom stereocenters. The number of nitrogens with one attached hydrogen (secondary N) is 3. The number of phosphoric acid groups is 1. The normalized spacial score (nSPS) is 25.0. The molecule has 67 heavy (non-hydrogen) atoms. The molecular formula is C43H58N10O12PS+. The number of carbonyl (C=O) groups is 1. The van der Waals surface area contributed by atoms with Gasteiger partial charge in [-0.2, -0.15) is 13.4 Å². The van der Waals surface area contributed by atoms with Crippen LogP contribution in [0.2, 0.25) is 0 Å². The van der Waals surface area contributed by atoms with Crippen LogP contribution in [0.15, 0.2) is 34.1 Å². The number of unbranched alkanes of at least 4 members (excludes halogenated alkanes) is 3. The molecule has 2 unspecified atom stereocenters. The average Bonchev–Trinajstić information content (AvgIpc) is 3.77. The molecule has 2 aromatic heterocycles. The number of amides is 1. The molecule has 0 saturated carbocycles. The molecule has 22 nitrogen and oxygen atoms in total. The van der Waals surface area contributed by atoms with Gasteiger partial charge in [0.25, 0.3) is 15.7 Å². The summed E-state index contributed by atoms with van der Waals surface area (Å²) in [4.78, 5) is 53.8. The molecule has 2 saturated heterocycles. The van der Waals surface area contributed by atoms with E-state index in [0.717, 1.165) is 67.2 Å². The van der Waals surface area contributed by atoms with Gasteiger partial charge in [0, 0.05) is 61.2 Å². The van der Waals surface area contributed by atoms with E-state index in [0.29, 0.717) is 56.1 Å². The molecule has 24 heteroatoms. The van der Waals surface area contributed by atoms with Crippen molar-refractivity contribution in [1.29, 1.82) is 0 Å². The Kier molecular flexibility index (Phi) is 13.0. The molecule has 0 spiro atoms. The van der Waals surface area contributed by atoms with E-state index < -0.39 is 65.2 Å². The lowest BCUT2D eigenvalue weighted by Gasteiger charge is -2.48. The number of ether oxygens (including phenoxy) is 2. The monoisotopic (exact) mass is 969 g/mol. The van der Waals surface area contributed by atoms with Crippen molar-refractivity contribution in [2.45, 2.75) is 115 Å². The molecular weight excluding hydrogens is 912 g/mol. The highest BCUT2D eigenvalue weighted by atomic mass is 32.2. The molecule has 9 rings (SSSR count). The summed E-state index contributed by atoms with van der Waals surface area (Å²) in [5.41, 5.74) is 8.12. The summed E-state index contributed by atoms with van der Waals surface area (Å²) in [6, 6.07) is 7.98. The number of anilines is 3. The number of benzene rings is 2. The van der Waals surface area contributed by atoms with Gasteiger partial charge >= 0.3 is 7.82 Å². The lowest BCUT2D eigenvalue weighted by atomic mass is 9.79. The molecule has 362 valence electrons. The van der Waals surface area contributed by atoms with Crippen LogP contribution in [0.5, 0.6) is 11.5 Å². The first-order chi connectivity index (χ1) is 31.9. The van der Waals surface area contributed by atoms with Gasteiger partial charge in [-0.15, -0.1) is 0 Å². The number of aliphatic hydroxyl groups excluding tert-OH is 1. The Hall–Kier alpha value is -5.00. The van der Waals surface area contributed by atoms with E-state index in [1.165, 1.54) is 10.1 Å². The van der Waals surface area contributed by atoms with Crippen LogP contribution >= 0.6 is 7.82 Å². The van der Waals surface area contributed by atoms with Crippen molar-refractivity contribution in [2.24, 2.45) is 4.99 Å². The van der Waals surface area contributed by atoms with E-state index in [9.17, 15) is 37.1 Å². The molecule has 5 aliphatic rings. The number of aromatic amines is 1. The maximum Gasteiger partial charge on any atom is 0.472 e. The summed E-state index contributed by atoms with van der Waals surface area (Å²) in [5, 5.41) is 19.2. The first kappa shape index (κ1) is 47.1. The van der Waals surface area contributed by atoms with Gasteiger partial charge in [0.2, 0.25) is 23.2 Å². The third-order valence-electron chi connectivity index (χ3n) is 13.2. The summed E-state index contributed by atoms with van der Waals surface area (Å²) in [7, 11) is -8.67. The number of carbonyl (C=O) groups excluding carboxylic acids is 1. The maximum absolute atomic E-state index is 13.1. The fourth-order valence-electron chi connectivity index (χ4n) is 10.1. The van der Waals surface area contributed by atoms with E-state index in [-0.39, 0.29) is 42.0 Å². The minimum atomic E-state index is -4.38. The topological polar surface area (TPSA) is 298 Å². The van der Waals surface area contributed by atoms with Gasteiger partial charge in [-0.3, -0.25) is 32.7 Å². The minimum absolute atomic E-state index is 0.0429. The van der Waals surface area contributed by atoms with Crippen molar-refractivity contribution < 1.29 is 50.9 Å². The van der Waals surface area contributed by atoms with Crippen LogP contribution in [0.1, 0.15) is 95.4 Å². The Morgan fingerprint density at radius 3 is 2.67 bits per heavy atom. The van der Waals surface area contributed by atoms with E-state index in [1.54, 1.807) is 0 Å². The molecule has 1 amide bonds. The highest BCUT2D eigenvalue weighted by Crippen LogP contribution is 2.53. The number of aliphatic hydroxyl groups is 1. The molecule has 0 bridgehead atoms. The second-order valence-corrected chi connectivity index (χ2v) is 21.4. The second-order valence-electron chi connectivity index (χ2n) is 18.5. The van der Waals surface area contributed by atoms with Crippen LogP contribution < -0.4 is 46.9 Å². The first-order valence-electron chi connectivity index (χ1n) is 22.9. The van der Waals surface area contributed by atoms with Crippen LogP contribution in [0, 0.1) is 0 Å². The predicted molar refractivity (Wildman–Crippen MR) is 246 cm³/mol. The van der Waals surface area contributed by atoms with E-state index in [4.69, 9.17) is 29.2 Å². The zero-order valence-corrected chi connectivity index (χ0v) is 39.4. The third kappa shape index (κ3) is 9.83. The summed E-state index contributed by atoms with van der Waals surface area (Å²) < 4.78 is 72.8. The maximum atomic E-state index is 13.1. The zero-order valence-electron chi connectivity index (χ0n) is 37.6. The van der Waals surface area contributed by atoms with E-state index in [2.05, 4.69) is 54.1 Å². The highest BCUT2D eigenvalue weighted by Gasteiger charge is 2.53. The van der Waals surface area contributed by atoms with Crippen molar-refractivity contribution in [2.75, 3.05) is 61.0 Å². The lowest BCUT2D eigenvalue weighted by molar-refractivity contribution is -0.121. The molecule has 0 aliphatic carbocycles. The fourth-order valence-corrected chi connectivity index (χ4v) is 11.9. The van der Waals surface area contributed by atoms with E-state index in [1.807, 2.05) is 26.0 Å². The second kappa shape index (κ2) is 18.5. The summed E-state index contributed by atoms with van der Waals surface area (Å²) in [6.45, 7) is 9.25. The van der Waals surface area contributed by atoms with Crippen molar-refractivity contribution >= 4 is 58.3 Å². The van der Waals surface area contributed by atoms with Gasteiger partial charge in [-0.25, -0.2) is 19.1 Å². The summed E-state index contributed by atoms with van der Waals surface area (Å²) in [6.07, 6.45) is 1.69. The predicted octanol–water partition coefficient (Wildman–Crippen LogP) is 2.52. The number of fused-ring (bicyclic) bond motifs is 6. The molecule has 8 N–H and O–H groups in total. The SMILES string of the molecule is CC[N+]1=c2cc3c(cc2CCC1)=Nc1cc2c(cc1O3)N(CCCC(=O)NCCCCCCNc1nc3c(=O)[nH]c(N)nc3n1[C@@H]1O[C@@H]3COP(=O)(O)O[C@H]3[C@H]1O)C(C)(C)CC2CS(=O)(=O)O. The van der Waals surface area contributed by atoms with Gasteiger partial charge < -0.3 is 40.7 Å². The zero-order chi connectivity index (χ0) is 47.4.